The highest BCUT2D eigenvalue weighted by molar-refractivity contribution is 6.02. The molecule has 1 fully saturated rings. The summed E-state index contributed by atoms with van der Waals surface area (Å²) < 4.78 is 0. The molecular formula is C11H14N6O. The lowest BCUT2D eigenvalue weighted by molar-refractivity contribution is 0.101. The number of nitrogens with zero attached hydrogens (tertiary/aromatic N) is 3. The molecule has 94 valence electrons. The Kier molecular flexibility index (Phi) is 2.39. The number of aryl methyl sites for hydroxylation is 2. The van der Waals surface area contributed by atoms with Crippen LogP contribution in [0, 0.1) is 13.8 Å². The Morgan fingerprint density at radius 2 is 2.06 bits per heavy atom. The van der Waals surface area contributed by atoms with Gasteiger partial charge >= 0.3 is 0 Å². The molecule has 2 aromatic rings. The maximum atomic E-state index is 12.0. The second-order valence-electron chi connectivity index (χ2n) is 4.58. The van der Waals surface area contributed by atoms with Crippen LogP contribution in [0.1, 0.15) is 46.6 Å². The Bertz CT molecular complexity index is 575. The van der Waals surface area contributed by atoms with Crippen molar-refractivity contribution in [3.8, 4) is 0 Å². The first-order valence-corrected chi connectivity index (χ1v) is 5.90. The van der Waals surface area contributed by atoms with E-state index in [0.717, 1.165) is 30.1 Å². The SMILES string of the molecule is Cc1n[nH]c(C)c1NC(=O)c1n[nH]c(C2CC2)n1. The number of rotatable bonds is 3. The largest absolute Gasteiger partial charge is 0.316 e. The highest BCUT2D eigenvalue weighted by Crippen LogP contribution is 2.37. The monoisotopic (exact) mass is 246 g/mol. The fourth-order valence-electron chi connectivity index (χ4n) is 1.82. The molecule has 1 aliphatic carbocycles. The van der Waals surface area contributed by atoms with Crippen LogP contribution < -0.4 is 5.32 Å². The van der Waals surface area contributed by atoms with Crippen LogP contribution in [-0.4, -0.2) is 31.3 Å². The fraction of sp³-hybridized carbons (Fsp3) is 0.455. The molecule has 2 aromatic heterocycles. The van der Waals surface area contributed by atoms with Gasteiger partial charge in [-0.25, -0.2) is 4.98 Å². The van der Waals surface area contributed by atoms with Crippen molar-refractivity contribution in [2.45, 2.75) is 32.6 Å². The first kappa shape index (κ1) is 10.9. The molecule has 0 unspecified atom stereocenters. The van der Waals surface area contributed by atoms with E-state index in [4.69, 9.17) is 0 Å². The molecule has 0 radical (unpaired) electrons. The molecule has 2 heterocycles. The van der Waals surface area contributed by atoms with Gasteiger partial charge in [-0.2, -0.15) is 5.10 Å². The number of nitrogens with one attached hydrogen (secondary N) is 3. The zero-order valence-corrected chi connectivity index (χ0v) is 10.2. The molecule has 18 heavy (non-hydrogen) atoms. The third kappa shape index (κ3) is 1.87. The molecular weight excluding hydrogens is 232 g/mol. The molecule has 0 aromatic carbocycles. The molecule has 7 heteroatoms. The summed E-state index contributed by atoms with van der Waals surface area (Å²) in [4.78, 5) is 16.2. The van der Waals surface area contributed by atoms with Crippen molar-refractivity contribution in [1.82, 2.24) is 25.4 Å². The van der Waals surface area contributed by atoms with Gasteiger partial charge in [-0.05, 0) is 26.7 Å². The number of hydrogen-bond acceptors (Lipinski definition) is 4. The molecule has 0 saturated heterocycles. The lowest BCUT2D eigenvalue weighted by Gasteiger charge is -2.01. The second-order valence-corrected chi connectivity index (χ2v) is 4.58. The highest BCUT2D eigenvalue weighted by atomic mass is 16.2. The number of H-pyrrole nitrogens is 2. The van der Waals surface area contributed by atoms with E-state index in [1.807, 2.05) is 13.8 Å². The molecule has 0 atom stereocenters. The minimum Gasteiger partial charge on any atom is -0.316 e. The summed E-state index contributed by atoms with van der Waals surface area (Å²) in [6, 6.07) is 0. The topological polar surface area (TPSA) is 99.4 Å². The van der Waals surface area contributed by atoms with Crippen LogP contribution in [-0.2, 0) is 0 Å². The Morgan fingerprint density at radius 3 is 2.67 bits per heavy atom. The zero-order valence-electron chi connectivity index (χ0n) is 10.2. The van der Waals surface area contributed by atoms with Crippen LogP contribution in [0.15, 0.2) is 0 Å². The van der Waals surface area contributed by atoms with Crippen LogP contribution in [0.25, 0.3) is 0 Å². The maximum Gasteiger partial charge on any atom is 0.295 e. The Morgan fingerprint density at radius 1 is 1.28 bits per heavy atom. The van der Waals surface area contributed by atoms with Gasteiger partial charge in [0.25, 0.3) is 5.91 Å². The van der Waals surface area contributed by atoms with E-state index >= 15 is 0 Å². The van der Waals surface area contributed by atoms with Gasteiger partial charge in [0.2, 0.25) is 5.82 Å². The predicted molar refractivity (Wildman–Crippen MR) is 64.4 cm³/mol. The van der Waals surface area contributed by atoms with Crippen molar-refractivity contribution in [1.29, 1.82) is 0 Å². The summed E-state index contributed by atoms with van der Waals surface area (Å²) in [7, 11) is 0. The molecule has 1 amide bonds. The van der Waals surface area contributed by atoms with Crippen molar-refractivity contribution in [3.63, 3.8) is 0 Å². The minimum atomic E-state index is -0.314. The van der Waals surface area contributed by atoms with Crippen molar-refractivity contribution in [2.75, 3.05) is 5.32 Å². The van der Waals surface area contributed by atoms with E-state index in [-0.39, 0.29) is 11.7 Å². The molecule has 0 spiro atoms. The quantitative estimate of drug-likeness (QED) is 0.759. The summed E-state index contributed by atoms with van der Waals surface area (Å²) in [5.41, 5.74) is 2.26. The Labute approximate surface area is 103 Å². The van der Waals surface area contributed by atoms with Gasteiger partial charge in [0.1, 0.15) is 5.82 Å². The van der Waals surface area contributed by atoms with Gasteiger partial charge in [0.15, 0.2) is 0 Å². The van der Waals surface area contributed by atoms with E-state index in [1.54, 1.807) is 0 Å². The van der Waals surface area contributed by atoms with Crippen LogP contribution in [0.5, 0.6) is 0 Å². The third-order valence-electron chi connectivity index (χ3n) is 3.04. The highest BCUT2D eigenvalue weighted by Gasteiger charge is 2.28. The molecule has 7 nitrogen and oxygen atoms in total. The van der Waals surface area contributed by atoms with Gasteiger partial charge in [-0.3, -0.25) is 15.0 Å². The van der Waals surface area contributed by atoms with Crippen LogP contribution in [0.4, 0.5) is 5.69 Å². The Hall–Kier alpha value is -2.18. The fourth-order valence-corrected chi connectivity index (χ4v) is 1.82. The minimum absolute atomic E-state index is 0.178. The van der Waals surface area contributed by atoms with Crippen molar-refractivity contribution in [2.24, 2.45) is 0 Å². The summed E-state index contributed by atoms with van der Waals surface area (Å²) >= 11 is 0. The number of carbonyl (C=O) groups is 1. The predicted octanol–water partition coefficient (Wildman–Crippen LogP) is 1.27. The van der Waals surface area contributed by atoms with E-state index in [1.165, 1.54) is 0 Å². The van der Waals surface area contributed by atoms with Crippen molar-refractivity contribution < 1.29 is 4.79 Å². The van der Waals surface area contributed by atoms with E-state index in [2.05, 4.69) is 30.7 Å². The number of carbonyl (C=O) groups excluding carboxylic acids is 1. The first-order chi connectivity index (χ1) is 8.65. The van der Waals surface area contributed by atoms with Crippen molar-refractivity contribution in [3.05, 3.63) is 23.0 Å². The number of aromatic nitrogens is 5. The number of aromatic amines is 2. The summed E-state index contributed by atoms with van der Waals surface area (Å²) in [5.74, 6) is 1.12. The second kappa shape index (κ2) is 3.94. The Balaban J connectivity index is 1.77. The zero-order chi connectivity index (χ0) is 12.7. The number of hydrogen-bond donors (Lipinski definition) is 3. The van der Waals surface area contributed by atoms with Crippen LogP contribution in [0.2, 0.25) is 0 Å². The molecule has 1 saturated carbocycles. The molecule has 3 rings (SSSR count). The van der Waals surface area contributed by atoms with Gasteiger partial charge in [0, 0.05) is 5.92 Å². The lowest BCUT2D eigenvalue weighted by atomic mass is 10.3. The summed E-state index contributed by atoms with van der Waals surface area (Å²) in [6.45, 7) is 3.68. The van der Waals surface area contributed by atoms with Gasteiger partial charge < -0.3 is 5.32 Å². The summed E-state index contributed by atoms with van der Waals surface area (Å²) in [6.07, 6.45) is 2.24. The first-order valence-electron chi connectivity index (χ1n) is 5.90. The number of anilines is 1. The molecule has 0 bridgehead atoms. The smallest absolute Gasteiger partial charge is 0.295 e. The van der Waals surface area contributed by atoms with Gasteiger partial charge in [0.05, 0.1) is 17.1 Å². The number of amides is 1. The standard InChI is InChI=1S/C11H14N6O/c1-5-8(6(2)15-14-5)12-11(18)10-13-9(16-17-10)7-3-4-7/h7H,3-4H2,1-2H3,(H,12,18)(H,14,15)(H,13,16,17). The van der Waals surface area contributed by atoms with Gasteiger partial charge in [-0.1, -0.05) is 0 Å². The van der Waals surface area contributed by atoms with Crippen LogP contribution >= 0.6 is 0 Å². The van der Waals surface area contributed by atoms with E-state index in [9.17, 15) is 4.79 Å². The third-order valence-corrected chi connectivity index (χ3v) is 3.04. The maximum absolute atomic E-state index is 12.0. The van der Waals surface area contributed by atoms with E-state index in [0.29, 0.717) is 11.6 Å². The molecule has 0 aliphatic heterocycles. The molecule has 3 N–H and O–H groups in total. The lowest BCUT2D eigenvalue weighted by Crippen LogP contribution is -2.14. The van der Waals surface area contributed by atoms with E-state index < -0.39 is 0 Å². The summed E-state index contributed by atoms with van der Waals surface area (Å²) in [5, 5.41) is 16.4. The molecule has 1 aliphatic rings. The van der Waals surface area contributed by atoms with Crippen molar-refractivity contribution >= 4 is 11.6 Å². The van der Waals surface area contributed by atoms with Crippen LogP contribution in [0.3, 0.4) is 0 Å². The average molecular weight is 246 g/mol. The normalized spacial score (nSPS) is 14.8. The van der Waals surface area contributed by atoms with Gasteiger partial charge in [-0.15, -0.1) is 5.10 Å². The average Bonchev–Trinajstić information content (AvgIpc) is 3.01.